The van der Waals surface area contributed by atoms with Gasteiger partial charge in [0.15, 0.2) is 0 Å². The van der Waals surface area contributed by atoms with Crippen LogP contribution in [-0.4, -0.2) is 29.2 Å². The maximum Gasteiger partial charge on any atom is 0.0431 e. The largest absolute Gasteiger partial charge is 0.398 e. The fourth-order valence-electron chi connectivity index (χ4n) is 2.15. The number of unbranched alkanes of at least 4 members (excludes halogenated alkanes) is 1. The van der Waals surface area contributed by atoms with Crippen LogP contribution in [0.25, 0.3) is 0 Å². The summed E-state index contributed by atoms with van der Waals surface area (Å²) in [5.41, 5.74) is 8.09. The van der Waals surface area contributed by atoms with Crippen molar-refractivity contribution in [2.75, 3.05) is 18.9 Å². The van der Waals surface area contributed by atoms with Crippen LogP contribution in [0.1, 0.15) is 31.2 Å². The number of hydrogen-bond acceptors (Lipinski definition) is 3. The summed E-state index contributed by atoms with van der Waals surface area (Å²) in [6.45, 7) is 2.31. The molecule has 1 aliphatic carbocycles. The molecule has 0 heterocycles. The first-order valence-corrected chi connectivity index (χ1v) is 6.49. The summed E-state index contributed by atoms with van der Waals surface area (Å²) >= 11 is 0. The van der Waals surface area contributed by atoms with Crippen LogP contribution in [0, 0.1) is 0 Å². The van der Waals surface area contributed by atoms with E-state index in [1.54, 1.807) is 0 Å². The van der Waals surface area contributed by atoms with Crippen molar-refractivity contribution in [2.24, 2.45) is 0 Å². The maximum absolute atomic E-state index is 8.83. The molecular formula is C14H22N2O. The van der Waals surface area contributed by atoms with Gasteiger partial charge >= 0.3 is 0 Å². The summed E-state index contributed by atoms with van der Waals surface area (Å²) in [5.74, 6) is 0. The van der Waals surface area contributed by atoms with Gasteiger partial charge in [0.2, 0.25) is 0 Å². The molecular weight excluding hydrogens is 212 g/mol. The molecule has 0 aliphatic heterocycles. The number of aliphatic hydroxyl groups excluding tert-OH is 1. The van der Waals surface area contributed by atoms with Crippen LogP contribution in [0.3, 0.4) is 0 Å². The molecule has 0 bridgehead atoms. The Labute approximate surface area is 103 Å². The lowest BCUT2D eigenvalue weighted by Gasteiger charge is -2.22. The van der Waals surface area contributed by atoms with E-state index < -0.39 is 0 Å². The molecule has 0 saturated heterocycles. The zero-order valence-electron chi connectivity index (χ0n) is 10.3. The topological polar surface area (TPSA) is 49.5 Å². The molecule has 1 aliphatic rings. The second kappa shape index (κ2) is 6.03. The van der Waals surface area contributed by atoms with Crippen molar-refractivity contribution in [3.05, 3.63) is 29.8 Å². The third-order valence-electron chi connectivity index (χ3n) is 3.35. The molecule has 0 atom stereocenters. The Kier molecular flexibility index (Phi) is 4.40. The fraction of sp³-hybridized carbons (Fsp3) is 0.571. The standard InChI is InChI=1S/C14H22N2O/c15-14-6-2-1-5-12(14)11-16(13-7-8-13)9-3-4-10-17/h1-2,5-6,13,17H,3-4,7-11,15H2. The van der Waals surface area contributed by atoms with E-state index in [4.69, 9.17) is 10.8 Å². The van der Waals surface area contributed by atoms with Crippen molar-refractivity contribution in [2.45, 2.75) is 38.3 Å². The second-order valence-electron chi connectivity index (χ2n) is 4.83. The van der Waals surface area contributed by atoms with Crippen LogP contribution in [0.2, 0.25) is 0 Å². The number of nitrogens with two attached hydrogens (primary N) is 1. The van der Waals surface area contributed by atoms with E-state index in [1.807, 2.05) is 18.2 Å². The Balaban J connectivity index is 1.91. The van der Waals surface area contributed by atoms with Crippen LogP contribution in [0.5, 0.6) is 0 Å². The minimum absolute atomic E-state index is 0.298. The van der Waals surface area contributed by atoms with Crippen LogP contribution in [0.4, 0.5) is 5.69 Å². The molecule has 1 aromatic rings. The molecule has 94 valence electrons. The van der Waals surface area contributed by atoms with Gasteiger partial charge in [-0.2, -0.15) is 0 Å². The Morgan fingerprint density at radius 1 is 1.24 bits per heavy atom. The second-order valence-corrected chi connectivity index (χ2v) is 4.83. The van der Waals surface area contributed by atoms with E-state index in [2.05, 4.69) is 11.0 Å². The Hall–Kier alpha value is -1.06. The van der Waals surface area contributed by atoms with E-state index in [9.17, 15) is 0 Å². The molecule has 2 rings (SSSR count). The van der Waals surface area contributed by atoms with Gasteiger partial charge < -0.3 is 10.8 Å². The van der Waals surface area contributed by atoms with Crippen LogP contribution < -0.4 is 5.73 Å². The summed E-state index contributed by atoms with van der Waals surface area (Å²) in [4.78, 5) is 2.50. The van der Waals surface area contributed by atoms with Gasteiger partial charge in [0.05, 0.1) is 0 Å². The molecule has 0 aromatic heterocycles. The molecule has 17 heavy (non-hydrogen) atoms. The highest BCUT2D eigenvalue weighted by molar-refractivity contribution is 5.46. The summed E-state index contributed by atoms with van der Waals surface area (Å²) in [7, 11) is 0. The van der Waals surface area contributed by atoms with Crippen molar-refractivity contribution in [1.29, 1.82) is 0 Å². The number of rotatable bonds is 7. The van der Waals surface area contributed by atoms with Gasteiger partial charge in [0, 0.05) is 24.9 Å². The number of aliphatic hydroxyl groups is 1. The summed E-state index contributed by atoms with van der Waals surface area (Å²) < 4.78 is 0. The number of benzene rings is 1. The highest BCUT2D eigenvalue weighted by Gasteiger charge is 2.28. The lowest BCUT2D eigenvalue weighted by Crippen LogP contribution is -2.27. The number of nitrogen functional groups attached to an aromatic ring is 1. The monoisotopic (exact) mass is 234 g/mol. The highest BCUT2D eigenvalue weighted by atomic mass is 16.2. The molecule has 3 nitrogen and oxygen atoms in total. The number of nitrogens with zero attached hydrogens (tertiary/aromatic N) is 1. The van der Waals surface area contributed by atoms with Crippen molar-refractivity contribution in [3.63, 3.8) is 0 Å². The number of anilines is 1. The lowest BCUT2D eigenvalue weighted by molar-refractivity contribution is 0.229. The molecule has 0 radical (unpaired) electrons. The Morgan fingerprint density at radius 3 is 2.65 bits per heavy atom. The zero-order valence-corrected chi connectivity index (χ0v) is 10.3. The lowest BCUT2D eigenvalue weighted by atomic mass is 10.1. The third-order valence-corrected chi connectivity index (χ3v) is 3.35. The average Bonchev–Trinajstić information content (AvgIpc) is 3.15. The van der Waals surface area contributed by atoms with E-state index in [0.29, 0.717) is 6.61 Å². The highest BCUT2D eigenvalue weighted by Crippen LogP contribution is 2.29. The molecule has 0 unspecified atom stereocenters. The number of hydrogen-bond donors (Lipinski definition) is 2. The van der Waals surface area contributed by atoms with Gasteiger partial charge in [0.25, 0.3) is 0 Å². The minimum atomic E-state index is 0.298. The normalized spacial score (nSPS) is 15.4. The van der Waals surface area contributed by atoms with E-state index in [-0.39, 0.29) is 0 Å². The first-order chi connectivity index (χ1) is 8.31. The quantitative estimate of drug-likeness (QED) is 0.560. The SMILES string of the molecule is Nc1ccccc1CN(CCCCO)C1CC1. The minimum Gasteiger partial charge on any atom is -0.398 e. The molecule has 1 saturated carbocycles. The van der Waals surface area contributed by atoms with Crippen molar-refractivity contribution >= 4 is 5.69 Å². The van der Waals surface area contributed by atoms with Gasteiger partial charge in [-0.1, -0.05) is 18.2 Å². The van der Waals surface area contributed by atoms with Crippen molar-refractivity contribution in [3.8, 4) is 0 Å². The van der Waals surface area contributed by atoms with Gasteiger partial charge in [-0.05, 0) is 43.9 Å². The first kappa shape index (κ1) is 12.4. The van der Waals surface area contributed by atoms with Crippen molar-refractivity contribution in [1.82, 2.24) is 4.90 Å². The Bertz CT molecular complexity index is 350. The Morgan fingerprint density at radius 2 is 2.00 bits per heavy atom. The van der Waals surface area contributed by atoms with E-state index >= 15 is 0 Å². The summed E-state index contributed by atoms with van der Waals surface area (Å²) in [6.07, 6.45) is 4.59. The summed E-state index contributed by atoms with van der Waals surface area (Å²) in [6, 6.07) is 8.84. The fourth-order valence-corrected chi connectivity index (χ4v) is 2.15. The van der Waals surface area contributed by atoms with Crippen LogP contribution in [-0.2, 0) is 6.54 Å². The number of para-hydroxylation sites is 1. The molecule has 1 aromatic carbocycles. The zero-order chi connectivity index (χ0) is 12.1. The smallest absolute Gasteiger partial charge is 0.0431 e. The molecule has 0 amide bonds. The van der Waals surface area contributed by atoms with Gasteiger partial charge in [-0.3, -0.25) is 4.90 Å². The molecule has 0 spiro atoms. The molecule has 3 N–H and O–H groups in total. The van der Waals surface area contributed by atoms with E-state index in [0.717, 1.165) is 37.7 Å². The van der Waals surface area contributed by atoms with Gasteiger partial charge in [-0.15, -0.1) is 0 Å². The molecule has 3 heteroatoms. The van der Waals surface area contributed by atoms with Crippen LogP contribution in [0.15, 0.2) is 24.3 Å². The maximum atomic E-state index is 8.83. The van der Waals surface area contributed by atoms with E-state index in [1.165, 1.54) is 18.4 Å². The van der Waals surface area contributed by atoms with Crippen LogP contribution >= 0.6 is 0 Å². The van der Waals surface area contributed by atoms with Crippen molar-refractivity contribution < 1.29 is 5.11 Å². The summed E-state index contributed by atoms with van der Waals surface area (Å²) in [5, 5.41) is 8.83. The third kappa shape index (κ3) is 3.72. The average molecular weight is 234 g/mol. The van der Waals surface area contributed by atoms with Gasteiger partial charge in [-0.25, -0.2) is 0 Å². The van der Waals surface area contributed by atoms with Gasteiger partial charge in [0.1, 0.15) is 0 Å². The molecule has 1 fully saturated rings. The predicted octanol–water partition coefficient (Wildman–Crippen LogP) is 2.01. The first-order valence-electron chi connectivity index (χ1n) is 6.49. The predicted molar refractivity (Wildman–Crippen MR) is 70.6 cm³/mol.